The Balaban J connectivity index is 1.63. The molecule has 2 heterocycles. The van der Waals surface area contributed by atoms with Gasteiger partial charge < -0.3 is 10.6 Å². The highest BCUT2D eigenvalue weighted by atomic mass is 79.9. The van der Waals surface area contributed by atoms with Crippen molar-refractivity contribution in [3.63, 3.8) is 0 Å². The molecule has 2 atom stereocenters. The number of carbonyl (C=O) groups excluding carboxylic acids is 2. The summed E-state index contributed by atoms with van der Waals surface area (Å²) < 4.78 is 0.965. The maximum atomic E-state index is 12.8. The van der Waals surface area contributed by atoms with Crippen LogP contribution < -0.4 is 10.6 Å². The van der Waals surface area contributed by atoms with Crippen molar-refractivity contribution in [1.29, 1.82) is 0 Å². The fraction of sp³-hybridized carbons (Fsp3) is 0.478. The van der Waals surface area contributed by atoms with Crippen LogP contribution in [-0.4, -0.2) is 36.3 Å². The lowest BCUT2D eigenvalue weighted by molar-refractivity contribution is -0.123. The summed E-state index contributed by atoms with van der Waals surface area (Å²) in [4.78, 5) is 28.3. The average molecular weight is 492 g/mol. The van der Waals surface area contributed by atoms with Crippen LogP contribution in [0.15, 0.2) is 46.3 Å². The molecule has 7 heteroatoms. The fourth-order valence-electron chi connectivity index (χ4n) is 3.89. The minimum Gasteiger partial charge on any atom is -0.354 e. The minimum atomic E-state index is -0.341. The third kappa shape index (κ3) is 6.65. The van der Waals surface area contributed by atoms with E-state index in [1.54, 1.807) is 11.3 Å². The van der Waals surface area contributed by atoms with Gasteiger partial charge in [-0.25, -0.2) is 0 Å². The van der Waals surface area contributed by atoms with Crippen molar-refractivity contribution in [2.45, 2.75) is 45.2 Å². The lowest BCUT2D eigenvalue weighted by Crippen LogP contribution is -2.42. The summed E-state index contributed by atoms with van der Waals surface area (Å²) in [7, 11) is 0. The maximum absolute atomic E-state index is 12.8. The first-order chi connectivity index (χ1) is 14.4. The third-order valence-electron chi connectivity index (χ3n) is 5.66. The van der Waals surface area contributed by atoms with E-state index in [-0.39, 0.29) is 30.3 Å². The predicted molar refractivity (Wildman–Crippen MR) is 125 cm³/mol. The number of likely N-dealkylation sites (tertiary alicyclic amines) is 1. The monoisotopic (exact) mass is 491 g/mol. The van der Waals surface area contributed by atoms with E-state index in [1.165, 1.54) is 24.6 Å². The largest absolute Gasteiger partial charge is 0.354 e. The van der Waals surface area contributed by atoms with E-state index in [2.05, 4.69) is 55.9 Å². The number of halogens is 1. The number of amides is 2. The highest BCUT2D eigenvalue weighted by molar-refractivity contribution is 9.10. The first-order valence-corrected chi connectivity index (χ1v) is 12.2. The van der Waals surface area contributed by atoms with Gasteiger partial charge in [0.15, 0.2) is 0 Å². The first-order valence-electron chi connectivity index (χ1n) is 10.5. The Bertz CT molecular complexity index is 817. The molecule has 30 heavy (non-hydrogen) atoms. The van der Waals surface area contributed by atoms with Crippen LogP contribution in [0, 0.1) is 5.92 Å². The summed E-state index contributed by atoms with van der Waals surface area (Å²) in [5, 5.41) is 8.13. The van der Waals surface area contributed by atoms with Crippen LogP contribution in [0.3, 0.4) is 0 Å². The fourth-order valence-corrected chi connectivity index (χ4v) is 5.02. The van der Waals surface area contributed by atoms with Gasteiger partial charge in [-0.1, -0.05) is 41.1 Å². The molecule has 1 fully saturated rings. The van der Waals surface area contributed by atoms with Crippen LogP contribution in [-0.2, 0) is 9.59 Å². The van der Waals surface area contributed by atoms with Gasteiger partial charge in [-0.15, -0.1) is 11.3 Å². The van der Waals surface area contributed by atoms with Crippen molar-refractivity contribution in [2.24, 2.45) is 5.92 Å². The van der Waals surface area contributed by atoms with Crippen LogP contribution >= 0.6 is 27.3 Å². The third-order valence-corrected chi connectivity index (χ3v) is 7.16. The quantitative estimate of drug-likeness (QED) is 0.563. The molecule has 1 aliphatic heterocycles. The molecule has 162 valence electrons. The Morgan fingerprint density at radius 3 is 2.50 bits per heavy atom. The van der Waals surface area contributed by atoms with Crippen molar-refractivity contribution >= 4 is 39.1 Å². The Labute approximate surface area is 191 Å². The van der Waals surface area contributed by atoms with E-state index in [0.29, 0.717) is 6.54 Å². The molecule has 2 unspecified atom stereocenters. The van der Waals surface area contributed by atoms with Crippen molar-refractivity contribution in [1.82, 2.24) is 15.5 Å². The van der Waals surface area contributed by atoms with Gasteiger partial charge in [-0.05, 0) is 61.0 Å². The van der Waals surface area contributed by atoms with Crippen molar-refractivity contribution in [3.05, 3.63) is 56.7 Å². The topological polar surface area (TPSA) is 61.4 Å². The van der Waals surface area contributed by atoms with Crippen molar-refractivity contribution in [3.8, 4) is 0 Å². The second kappa shape index (κ2) is 11.1. The van der Waals surface area contributed by atoms with Gasteiger partial charge in [0.2, 0.25) is 11.8 Å². The zero-order chi connectivity index (χ0) is 21.5. The van der Waals surface area contributed by atoms with Crippen LogP contribution in [0.4, 0.5) is 0 Å². The molecule has 0 bridgehead atoms. The lowest BCUT2D eigenvalue weighted by atomic mass is 9.97. The molecule has 5 nitrogen and oxygen atoms in total. The number of hydrogen-bond acceptors (Lipinski definition) is 4. The number of nitrogens with zero attached hydrogens (tertiary/aromatic N) is 1. The normalized spacial score (nSPS) is 17.3. The standard InChI is InChI=1S/C23H30BrN3O2S/c1-16-9-11-27(12-10-16)21(22-4-3-13-30-22)15-25-23(29)14-20(26-17(2)28)18-5-7-19(24)8-6-18/h3-8,13,16,20-21H,9-12,14-15H2,1-2H3,(H,25,29)(H,26,28). The summed E-state index contributed by atoms with van der Waals surface area (Å²) >= 11 is 5.17. The maximum Gasteiger partial charge on any atom is 0.222 e. The van der Waals surface area contributed by atoms with Gasteiger partial charge in [-0.2, -0.15) is 0 Å². The van der Waals surface area contributed by atoms with Gasteiger partial charge in [0, 0.05) is 22.8 Å². The average Bonchev–Trinajstić information content (AvgIpc) is 3.24. The molecule has 1 aromatic heterocycles. The zero-order valence-corrected chi connectivity index (χ0v) is 20.0. The van der Waals surface area contributed by atoms with E-state index in [1.807, 2.05) is 24.3 Å². The van der Waals surface area contributed by atoms with E-state index in [4.69, 9.17) is 0 Å². The molecule has 2 amide bonds. The minimum absolute atomic E-state index is 0.0522. The molecule has 2 aromatic rings. The van der Waals surface area contributed by atoms with Crippen LogP contribution in [0.2, 0.25) is 0 Å². The Morgan fingerprint density at radius 1 is 1.20 bits per heavy atom. The number of benzene rings is 1. The Morgan fingerprint density at radius 2 is 1.90 bits per heavy atom. The first kappa shape index (κ1) is 23.0. The molecule has 0 saturated carbocycles. The number of nitrogens with one attached hydrogen (secondary N) is 2. The molecule has 1 saturated heterocycles. The van der Waals surface area contributed by atoms with E-state index >= 15 is 0 Å². The molecule has 0 aliphatic carbocycles. The highest BCUT2D eigenvalue weighted by Crippen LogP contribution is 2.29. The molecule has 2 N–H and O–H groups in total. The molecule has 3 rings (SSSR count). The molecular weight excluding hydrogens is 462 g/mol. The van der Waals surface area contributed by atoms with Gasteiger partial charge in [-0.3, -0.25) is 14.5 Å². The highest BCUT2D eigenvalue weighted by Gasteiger charge is 2.26. The summed E-state index contributed by atoms with van der Waals surface area (Å²) in [6, 6.07) is 11.8. The smallest absolute Gasteiger partial charge is 0.222 e. The number of piperidine rings is 1. The van der Waals surface area contributed by atoms with Crippen LogP contribution in [0.5, 0.6) is 0 Å². The van der Waals surface area contributed by atoms with E-state index < -0.39 is 0 Å². The summed E-state index contributed by atoms with van der Waals surface area (Å²) in [6.45, 7) is 6.50. The predicted octanol–water partition coefficient (Wildman–Crippen LogP) is 4.67. The van der Waals surface area contributed by atoms with Gasteiger partial charge in [0.1, 0.15) is 0 Å². The van der Waals surface area contributed by atoms with Crippen LogP contribution in [0.1, 0.15) is 55.6 Å². The van der Waals surface area contributed by atoms with E-state index in [9.17, 15) is 9.59 Å². The SMILES string of the molecule is CC(=O)NC(CC(=O)NCC(c1cccs1)N1CCC(C)CC1)c1ccc(Br)cc1. The number of carbonyl (C=O) groups is 2. The second-order valence-corrected chi connectivity index (χ2v) is 9.96. The zero-order valence-electron chi connectivity index (χ0n) is 17.6. The van der Waals surface area contributed by atoms with Gasteiger partial charge in [0.05, 0.1) is 18.5 Å². The van der Waals surface area contributed by atoms with Gasteiger partial charge in [0.25, 0.3) is 0 Å². The number of hydrogen-bond donors (Lipinski definition) is 2. The molecule has 1 aromatic carbocycles. The van der Waals surface area contributed by atoms with Crippen molar-refractivity contribution < 1.29 is 9.59 Å². The summed E-state index contributed by atoms with van der Waals surface area (Å²) in [6.07, 6.45) is 2.61. The molecule has 0 spiro atoms. The second-order valence-electron chi connectivity index (χ2n) is 8.06. The molecular formula is C23H30BrN3O2S. The van der Waals surface area contributed by atoms with Crippen molar-refractivity contribution in [2.75, 3.05) is 19.6 Å². The molecule has 1 aliphatic rings. The van der Waals surface area contributed by atoms with E-state index in [0.717, 1.165) is 29.0 Å². The number of thiophene rings is 1. The van der Waals surface area contributed by atoms with Crippen LogP contribution in [0.25, 0.3) is 0 Å². The summed E-state index contributed by atoms with van der Waals surface area (Å²) in [5.41, 5.74) is 0.920. The Kier molecular flexibility index (Phi) is 8.48. The number of rotatable bonds is 8. The van der Waals surface area contributed by atoms with Gasteiger partial charge >= 0.3 is 0 Å². The summed E-state index contributed by atoms with van der Waals surface area (Å²) in [5.74, 6) is 0.572. The Hall–Kier alpha value is -1.70. The lowest BCUT2D eigenvalue weighted by Gasteiger charge is -2.36. The molecule has 0 radical (unpaired) electrons.